The van der Waals surface area contributed by atoms with Crippen LogP contribution >= 0.6 is 15.9 Å². The molecule has 0 aliphatic heterocycles. The summed E-state index contributed by atoms with van der Waals surface area (Å²) in [4.78, 5) is 0. The molecule has 1 rings (SSSR count). The van der Waals surface area contributed by atoms with Gasteiger partial charge in [-0.1, -0.05) is 0 Å². The average Bonchev–Trinajstić information content (AvgIpc) is 2.24. The molecule has 0 bridgehead atoms. The molecule has 1 aromatic rings. The predicted molar refractivity (Wildman–Crippen MR) is 54.6 cm³/mol. The Kier molecular flexibility index (Phi) is 4.01. The zero-order chi connectivity index (χ0) is 11.6. The average molecular weight is 282 g/mol. The number of methoxy groups -OCH3 is 1. The van der Waals surface area contributed by atoms with Gasteiger partial charge in [0.05, 0.1) is 17.7 Å². The summed E-state index contributed by atoms with van der Waals surface area (Å²) in [5.41, 5.74) is 5.35. The van der Waals surface area contributed by atoms with Crippen molar-refractivity contribution in [3.05, 3.63) is 27.7 Å². The van der Waals surface area contributed by atoms with Crippen molar-refractivity contribution in [1.82, 2.24) is 0 Å². The van der Waals surface area contributed by atoms with E-state index in [4.69, 9.17) is 5.73 Å². The molecule has 0 saturated heterocycles. The first-order valence-electron chi connectivity index (χ1n) is 4.12. The van der Waals surface area contributed by atoms with Crippen LogP contribution in [0, 0.1) is 11.6 Å². The lowest BCUT2D eigenvalue weighted by Crippen LogP contribution is -2.13. The lowest BCUT2D eigenvalue weighted by molar-refractivity contribution is 0.180. The normalized spacial score (nSPS) is 12.7. The van der Waals surface area contributed by atoms with Gasteiger partial charge in [0.1, 0.15) is 0 Å². The molecule has 1 aromatic carbocycles. The molecule has 1 atom stereocenters. The van der Waals surface area contributed by atoms with Gasteiger partial charge in [-0.3, -0.25) is 0 Å². The number of nitrogens with two attached hydrogens (primary N) is 1. The highest BCUT2D eigenvalue weighted by molar-refractivity contribution is 9.10. The maximum absolute atomic E-state index is 13.3. The molecule has 3 nitrogen and oxygen atoms in total. The lowest BCUT2D eigenvalue weighted by Gasteiger charge is -2.14. The third-order valence-corrected chi connectivity index (χ3v) is 2.51. The predicted octanol–water partition coefficient (Wildman–Crippen LogP) is 1.73. The molecule has 0 spiro atoms. The zero-order valence-electron chi connectivity index (χ0n) is 7.93. The molecule has 0 amide bonds. The third-order valence-electron chi connectivity index (χ3n) is 1.93. The molecule has 3 N–H and O–H groups in total. The molecule has 0 saturated carbocycles. The molecule has 84 valence electrons. The first-order valence-corrected chi connectivity index (χ1v) is 4.91. The number of hydrogen-bond donors (Lipinski definition) is 2. The smallest absolute Gasteiger partial charge is 0.202 e. The van der Waals surface area contributed by atoms with Gasteiger partial charge in [-0.15, -0.1) is 0 Å². The van der Waals surface area contributed by atoms with E-state index in [1.165, 1.54) is 13.2 Å². The van der Waals surface area contributed by atoms with Crippen LogP contribution in [-0.2, 0) is 0 Å². The highest BCUT2D eigenvalue weighted by Gasteiger charge is 2.21. The summed E-state index contributed by atoms with van der Waals surface area (Å²) in [5.74, 6) is -2.53. The van der Waals surface area contributed by atoms with Gasteiger partial charge in [-0.05, 0) is 22.0 Å². The number of halogens is 3. The Labute approximate surface area is 94.0 Å². The van der Waals surface area contributed by atoms with Crippen molar-refractivity contribution in [2.45, 2.75) is 6.10 Å². The van der Waals surface area contributed by atoms with Gasteiger partial charge in [0.15, 0.2) is 11.6 Å². The van der Waals surface area contributed by atoms with E-state index in [0.29, 0.717) is 0 Å². The van der Waals surface area contributed by atoms with Crippen molar-refractivity contribution in [3.63, 3.8) is 0 Å². The van der Waals surface area contributed by atoms with Gasteiger partial charge in [0.2, 0.25) is 5.82 Å². The van der Waals surface area contributed by atoms with Gasteiger partial charge < -0.3 is 15.6 Å². The summed E-state index contributed by atoms with van der Waals surface area (Å²) in [6.45, 7) is -0.103. The molecular formula is C9H10BrF2NO2. The fourth-order valence-electron chi connectivity index (χ4n) is 1.18. The first kappa shape index (κ1) is 12.4. The van der Waals surface area contributed by atoms with E-state index in [9.17, 15) is 13.9 Å². The van der Waals surface area contributed by atoms with Gasteiger partial charge >= 0.3 is 0 Å². The van der Waals surface area contributed by atoms with Crippen LogP contribution in [-0.4, -0.2) is 18.8 Å². The molecule has 0 heterocycles. The standard InChI is InChI=1S/C9H10BrF2NO2/c1-15-9-4(6(14)3-13)2-5(10)7(11)8(9)12/h2,6,14H,3,13H2,1H3. The molecule has 0 aromatic heterocycles. The number of rotatable bonds is 3. The number of aliphatic hydroxyl groups excluding tert-OH is 1. The maximum Gasteiger partial charge on any atom is 0.202 e. The minimum absolute atomic E-state index is 0.0803. The number of ether oxygens (including phenoxy) is 1. The van der Waals surface area contributed by atoms with Crippen molar-refractivity contribution in [2.75, 3.05) is 13.7 Å². The van der Waals surface area contributed by atoms with Gasteiger partial charge in [0, 0.05) is 12.1 Å². The minimum Gasteiger partial charge on any atom is -0.493 e. The highest BCUT2D eigenvalue weighted by atomic mass is 79.9. The second-order valence-electron chi connectivity index (χ2n) is 2.86. The number of hydrogen-bond acceptors (Lipinski definition) is 3. The zero-order valence-corrected chi connectivity index (χ0v) is 9.51. The van der Waals surface area contributed by atoms with E-state index in [1.807, 2.05) is 0 Å². The first-order chi connectivity index (χ1) is 7.02. The molecule has 1 unspecified atom stereocenters. The van der Waals surface area contributed by atoms with E-state index in [1.54, 1.807) is 0 Å². The molecule has 6 heteroatoms. The van der Waals surface area contributed by atoms with E-state index in [2.05, 4.69) is 20.7 Å². The number of benzene rings is 1. The Bertz CT molecular complexity index is 374. The molecule has 0 aliphatic carbocycles. The molecule has 0 radical (unpaired) electrons. The van der Waals surface area contributed by atoms with Crippen LogP contribution in [0.1, 0.15) is 11.7 Å². The third kappa shape index (κ3) is 2.27. The van der Waals surface area contributed by atoms with E-state index >= 15 is 0 Å². The van der Waals surface area contributed by atoms with E-state index in [-0.39, 0.29) is 22.3 Å². The molecule has 0 aliphatic rings. The quantitative estimate of drug-likeness (QED) is 0.830. The Morgan fingerprint density at radius 1 is 1.53 bits per heavy atom. The van der Waals surface area contributed by atoms with Crippen LogP contribution in [0.5, 0.6) is 5.75 Å². The van der Waals surface area contributed by atoms with Crippen LogP contribution < -0.4 is 10.5 Å². The molecular weight excluding hydrogens is 272 g/mol. The minimum atomic E-state index is -1.14. The maximum atomic E-state index is 13.3. The fraction of sp³-hybridized carbons (Fsp3) is 0.333. The van der Waals surface area contributed by atoms with Gasteiger partial charge in [-0.2, -0.15) is 4.39 Å². The molecule has 15 heavy (non-hydrogen) atoms. The van der Waals surface area contributed by atoms with Crippen molar-refractivity contribution >= 4 is 15.9 Å². The van der Waals surface area contributed by atoms with Crippen molar-refractivity contribution in [3.8, 4) is 5.75 Å². The fourth-order valence-corrected chi connectivity index (χ4v) is 1.60. The Morgan fingerprint density at radius 2 is 2.13 bits per heavy atom. The van der Waals surface area contributed by atoms with Crippen molar-refractivity contribution in [1.29, 1.82) is 0 Å². The summed E-state index contributed by atoms with van der Waals surface area (Å²) in [5, 5.41) is 9.47. The number of aliphatic hydroxyl groups is 1. The summed E-state index contributed by atoms with van der Waals surface area (Å²) in [6.07, 6.45) is -1.09. The summed E-state index contributed by atoms with van der Waals surface area (Å²) < 4.78 is 31.1. The largest absolute Gasteiger partial charge is 0.493 e. The highest BCUT2D eigenvalue weighted by Crippen LogP contribution is 2.33. The second kappa shape index (κ2) is 4.87. The Hall–Kier alpha value is -0.720. The Balaban J connectivity index is 3.38. The topological polar surface area (TPSA) is 55.5 Å². The second-order valence-corrected chi connectivity index (χ2v) is 3.71. The van der Waals surface area contributed by atoms with Crippen molar-refractivity contribution in [2.24, 2.45) is 5.73 Å². The summed E-state index contributed by atoms with van der Waals surface area (Å²) in [7, 11) is 1.19. The van der Waals surface area contributed by atoms with E-state index < -0.39 is 17.7 Å². The lowest BCUT2D eigenvalue weighted by atomic mass is 10.1. The summed E-state index contributed by atoms with van der Waals surface area (Å²) in [6, 6.07) is 1.24. The Morgan fingerprint density at radius 3 is 2.60 bits per heavy atom. The van der Waals surface area contributed by atoms with Crippen LogP contribution in [0.15, 0.2) is 10.5 Å². The van der Waals surface area contributed by atoms with Gasteiger partial charge in [0.25, 0.3) is 0 Å². The monoisotopic (exact) mass is 281 g/mol. The van der Waals surface area contributed by atoms with Gasteiger partial charge in [-0.25, -0.2) is 4.39 Å². The molecule has 0 fully saturated rings. The summed E-state index contributed by atoms with van der Waals surface area (Å²) >= 11 is 2.84. The van der Waals surface area contributed by atoms with Crippen LogP contribution in [0.25, 0.3) is 0 Å². The van der Waals surface area contributed by atoms with E-state index in [0.717, 1.165) is 0 Å². The van der Waals surface area contributed by atoms with Crippen LogP contribution in [0.3, 0.4) is 0 Å². The van der Waals surface area contributed by atoms with Crippen molar-refractivity contribution < 1.29 is 18.6 Å². The SMILES string of the molecule is COc1c(C(O)CN)cc(Br)c(F)c1F. The van der Waals surface area contributed by atoms with Crippen LogP contribution in [0.4, 0.5) is 8.78 Å². The van der Waals surface area contributed by atoms with Crippen LogP contribution in [0.2, 0.25) is 0 Å².